The SMILES string of the molecule is C=CCNC(=O)c1sc(Br)nc1COC. The van der Waals surface area contributed by atoms with Crippen molar-refractivity contribution in [2.75, 3.05) is 13.7 Å². The van der Waals surface area contributed by atoms with Crippen LogP contribution in [0.3, 0.4) is 0 Å². The van der Waals surface area contributed by atoms with Crippen LogP contribution in [-0.2, 0) is 11.3 Å². The van der Waals surface area contributed by atoms with Crippen LogP contribution in [-0.4, -0.2) is 24.5 Å². The molecule has 82 valence electrons. The maximum absolute atomic E-state index is 11.6. The van der Waals surface area contributed by atoms with Crippen LogP contribution in [0.1, 0.15) is 15.4 Å². The number of ether oxygens (including phenoxy) is 1. The maximum atomic E-state index is 11.6. The van der Waals surface area contributed by atoms with Gasteiger partial charge in [-0.3, -0.25) is 4.79 Å². The molecule has 0 aliphatic carbocycles. The molecule has 1 N–H and O–H groups in total. The van der Waals surface area contributed by atoms with Crippen LogP contribution >= 0.6 is 27.3 Å². The fourth-order valence-corrected chi connectivity index (χ4v) is 2.39. The van der Waals surface area contributed by atoms with E-state index in [1.165, 1.54) is 11.3 Å². The van der Waals surface area contributed by atoms with E-state index < -0.39 is 0 Å². The van der Waals surface area contributed by atoms with Gasteiger partial charge in [0.05, 0.1) is 12.3 Å². The number of nitrogens with one attached hydrogen (secondary N) is 1. The number of hydrogen-bond acceptors (Lipinski definition) is 4. The molecule has 0 saturated heterocycles. The van der Waals surface area contributed by atoms with Gasteiger partial charge < -0.3 is 10.1 Å². The van der Waals surface area contributed by atoms with Gasteiger partial charge in [-0.05, 0) is 15.9 Å². The summed E-state index contributed by atoms with van der Waals surface area (Å²) in [5.41, 5.74) is 0.649. The van der Waals surface area contributed by atoms with Gasteiger partial charge in [0.1, 0.15) is 4.88 Å². The standard InChI is InChI=1S/C9H11BrN2O2S/c1-3-4-11-8(13)7-6(5-14-2)12-9(10)15-7/h3H,1,4-5H2,2H3,(H,11,13). The lowest BCUT2D eigenvalue weighted by Gasteiger charge is -2.01. The van der Waals surface area contributed by atoms with Crippen molar-refractivity contribution in [2.24, 2.45) is 0 Å². The molecule has 15 heavy (non-hydrogen) atoms. The first-order valence-corrected chi connectivity index (χ1v) is 5.83. The molecule has 0 aliphatic rings. The van der Waals surface area contributed by atoms with Gasteiger partial charge in [-0.25, -0.2) is 4.98 Å². The Balaban J connectivity index is 2.81. The highest BCUT2D eigenvalue weighted by Crippen LogP contribution is 2.23. The van der Waals surface area contributed by atoms with Crippen molar-refractivity contribution in [3.8, 4) is 0 Å². The molecule has 6 heteroatoms. The van der Waals surface area contributed by atoms with Gasteiger partial charge in [0.25, 0.3) is 5.91 Å². The van der Waals surface area contributed by atoms with E-state index in [1.807, 2.05) is 0 Å². The van der Waals surface area contributed by atoms with Crippen LogP contribution in [0, 0.1) is 0 Å². The number of nitrogens with zero attached hydrogens (tertiary/aromatic N) is 1. The van der Waals surface area contributed by atoms with Crippen LogP contribution in [0.4, 0.5) is 0 Å². The molecule has 1 heterocycles. The van der Waals surface area contributed by atoms with Crippen LogP contribution < -0.4 is 5.32 Å². The van der Waals surface area contributed by atoms with E-state index >= 15 is 0 Å². The van der Waals surface area contributed by atoms with Gasteiger partial charge in [0, 0.05) is 13.7 Å². The summed E-state index contributed by atoms with van der Waals surface area (Å²) in [6.45, 7) is 4.31. The summed E-state index contributed by atoms with van der Waals surface area (Å²) in [6.07, 6.45) is 1.63. The Hall–Kier alpha value is -0.720. The number of halogens is 1. The summed E-state index contributed by atoms with van der Waals surface area (Å²) < 4.78 is 5.64. The van der Waals surface area contributed by atoms with Gasteiger partial charge in [-0.1, -0.05) is 6.08 Å². The minimum atomic E-state index is -0.148. The fourth-order valence-electron chi connectivity index (χ4n) is 0.980. The lowest BCUT2D eigenvalue weighted by molar-refractivity contribution is 0.0957. The minimum absolute atomic E-state index is 0.148. The van der Waals surface area contributed by atoms with E-state index in [0.717, 1.165) is 0 Å². The van der Waals surface area contributed by atoms with Gasteiger partial charge in [0.15, 0.2) is 3.92 Å². The topological polar surface area (TPSA) is 51.2 Å². The van der Waals surface area contributed by atoms with Crippen LogP contribution in [0.5, 0.6) is 0 Å². The average molecular weight is 291 g/mol. The molecule has 1 aromatic rings. The van der Waals surface area contributed by atoms with Crippen molar-refractivity contribution in [2.45, 2.75) is 6.61 Å². The molecular formula is C9H11BrN2O2S. The molecule has 1 rings (SSSR count). The second kappa shape index (κ2) is 5.99. The first-order valence-electron chi connectivity index (χ1n) is 4.22. The van der Waals surface area contributed by atoms with E-state index in [-0.39, 0.29) is 5.91 Å². The third-order valence-electron chi connectivity index (χ3n) is 1.57. The minimum Gasteiger partial charge on any atom is -0.378 e. The zero-order valence-corrected chi connectivity index (χ0v) is 10.7. The molecule has 0 bridgehead atoms. The van der Waals surface area contributed by atoms with Crippen LogP contribution in [0.25, 0.3) is 0 Å². The molecule has 0 radical (unpaired) electrons. The number of thiazole rings is 1. The summed E-state index contributed by atoms with van der Waals surface area (Å²) in [5, 5.41) is 2.70. The number of hydrogen-bond donors (Lipinski definition) is 1. The predicted octanol–water partition coefficient (Wildman–Crippen LogP) is 1.97. The molecule has 0 unspecified atom stereocenters. The van der Waals surface area contributed by atoms with E-state index in [4.69, 9.17) is 4.74 Å². The molecular weight excluding hydrogens is 280 g/mol. The Kier molecular flexibility index (Phi) is 4.93. The zero-order valence-electron chi connectivity index (χ0n) is 8.25. The third kappa shape index (κ3) is 3.40. The number of rotatable bonds is 5. The summed E-state index contributed by atoms with van der Waals surface area (Å²) in [6, 6.07) is 0. The Morgan fingerprint density at radius 2 is 2.53 bits per heavy atom. The second-order valence-electron chi connectivity index (χ2n) is 2.67. The predicted molar refractivity (Wildman–Crippen MR) is 63.1 cm³/mol. The molecule has 1 amide bonds. The highest BCUT2D eigenvalue weighted by atomic mass is 79.9. The largest absolute Gasteiger partial charge is 0.378 e. The number of carbonyl (C=O) groups is 1. The summed E-state index contributed by atoms with van der Waals surface area (Å²) in [7, 11) is 1.57. The van der Waals surface area contributed by atoms with E-state index in [1.54, 1.807) is 13.2 Å². The van der Waals surface area contributed by atoms with E-state index in [0.29, 0.717) is 27.6 Å². The quantitative estimate of drug-likeness (QED) is 0.844. The Bertz CT molecular complexity index is 365. The molecule has 0 saturated carbocycles. The van der Waals surface area contributed by atoms with Crippen molar-refractivity contribution in [3.05, 3.63) is 27.1 Å². The summed E-state index contributed by atoms with van der Waals surface area (Å²) in [5.74, 6) is -0.148. The monoisotopic (exact) mass is 290 g/mol. The van der Waals surface area contributed by atoms with E-state index in [9.17, 15) is 4.79 Å². The molecule has 0 spiro atoms. The number of carbonyl (C=O) groups excluding carboxylic acids is 1. The Morgan fingerprint density at radius 3 is 3.13 bits per heavy atom. The lowest BCUT2D eigenvalue weighted by atomic mass is 10.3. The van der Waals surface area contributed by atoms with Gasteiger partial charge in [0.2, 0.25) is 0 Å². The van der Waals surface area contributed by atoms with Crippen molar-refractivity contribution in [3.63, 3.8) is 0 Å². The zero-order chi connectivity index (χ0) is 11.3. The summed E-state index contributed by atoms with van der Waals surface area (Å²) in [4.78, 5) is 16.4. The Labute approximate surface area is 100 Å². The lowest BCUT2D eigenvalue weighted by Crippen LogP contribution is -2.23. The average Bonchev–Trinajstić information content (AvgIpc) is 2.57. The number of methoxy groups -OCH3 is 1. The molecule has 0 atom stereocenters. The second-order valence-corrected chi connectivity index (χ2v) is 4.95. The van der Waals surface area contributed by atoms with Gasteiger partial charge in [-0.2, -0.15) is 0 Å². The van der Waals surface area contributed by atoms with E-state index in [2.05, 4.69) is 32.8 Å². The van der Waals surface area contributed by atoms with Crippen LogP contribution in [0.15, 0.2) is 16.6 Å². The number of amides is 1. The first-order chi connectivity index (χ1) is 7.19. The molecule has 0 aliphatic heterocycles. The molecule has 0 aromatic carbocycles. The fraction of sp³-hybridized carbons (Fsp3) is 0.333. The third-order valence-corrected chi connectivity index (χ3v) is 3.11. The number of aromatic nitrogens is 1. The maximum Gasteiger partial charge on any atom is 0.263 e. The van der Waals surface area contributed by atoms with Crippen LogP contribution in [0.2, 0.25) is 0 Å². The smallest absolute Gasteiger partial charge is 0.263 e. The highest BCUT2D eigenvalue weighted by molar-refractivity contribution is 9.11. The summed E-state index contributed by atoms with van der Waals surface area (Å²) >= 11 is 4.53. The normalized spacial score (nSPS) is 10.0. The van der Waals surface area contributed by atoms with Crippen molar-refractivity contribution >= 4 is 33.2 Å². The highest BCUT2D eigenvalue weighted by Gasteiger charge is 2.16. The van der Waals surface area contributed by atoms with Crippen molar-refractivity contribution in [1.82, 2.24) is 10.3 Å². The molecule has 1 aromatic heterocycles. The molecule has 0 fully saturated rings. The first kappa shape index (κ1) is 12.4. The Morgan fingerprint density at radius 1 is 1.80 bits per heavy atom. The van der Waals surface area contributed by atoms with Gasteiger partial charge >= 0.3 is 0 Å². The van der Waals surface area contributed by atoms with Crippen molar-refractivity contribution < 1.29 is 9.53 Å². The molecule has 4 nitrogen and oxygen atoms in total. The van der Waals surface area contributed by atoms with Crippen molar-refractivity contribution in [1.29, 1.82) is 0 Å². The van der Waals surface area contributed by atoms with Gasteiger partial charge in [-0.15, -0.1) is 17.9 Å².